The predicted octanol–water partition coefficient (Wildman–Crippen LogP) is 3.30. The Bertz CT molecular complexity index is 427. The molecule has 1 aromatic rings. The molecule has 2 atom stereocenters. The van der Waals surface area contributed by atoms with E-state index in [1.54, 1.807) is 0 Å². The second-order valence-electron chi connectivity index (χ2n) is 4.34. The van der Waals surface area contributed by atoms with Crippen LogP contribution in [0.3, 0.4) is 0 Å². The average Bonchev–Trinajstić information content (AvgIpc) is 2.36. The summed E-state index contributed by atoms with van der Waals surface area (Å²) in [6.45, 7) is 1.89. The van der Waals surface area contributed by atoms with Gasteiger partial charge in [0.05, 0.1) is 24.8 Å². The van der Waals surface area contributed by atoms with Gasteiger partial charge in [0.1, 0.15) is 5.75 Å². The van der Waals surface area contributed by atoms with Crippen molar-refractivity contribution in [1.29, 1.82) is 0 Å². The monoisotopic (exact) mass is 313 g/mol. The average molecular weight is 314 g/mol. The van der Waals surface area contributed by atoms with E-state index in [9.17, 15) is 18.3 Å². The van der Waals surface area contributed by atoms with Crippen molar-refractivity contribution in [2.75, 3.05) is 7.11 Å². The Balaban J connectivity index is 0.00000361. The number of halogens is 4. The first kappa shape index (κ1) is 19.0. The third-order valence-electron chi connectivity index (χ3n) is 2.92. The van der Waals surface area contributed by atoms with E-state index in [2.05, 4.69) is 0 Å². The minimum absolute atomic E-state index is 0. The van der Waals surface area contributed by atoms with Crippen LogP contribution in [0.15, 0.2) is 18.2 Å². The minimum atomic E-state index is -4.43. The van der Waals surface area contributed by atoms with Gasteiger partial charge in [0.25, 0.3) is 0 Å². The molecule has 0 aliphatic heterocycles. The standard InChI is InChI=1S/C13H18F3NO2.ClH/c1-3-4-10(18)12(17)9-6-5-8(13(14,15)16)7-11(9)19-2;/h5-7,10,12,18H,3-4,17H2,1-2H3;1H/t10-,12+;/m0./s1. The van der Waals surface area contributed by atoms with Crippen molar-refractivity contribution in [3.05, 3.63) is 29.3 Å². The van der Waals surface area contributed by atoms with Gasteiger partial charge in [-0.3, -0.25) is 0 Å². The second kappa shape index (κ2) is 7.71. The summed E-state index contributed by atoms with van der Waals surface area (Å²) in [5, 5.41) is 9.82. The molecule has 116 valence electrons. The van der Waals surface area contributed by atoms with Crippen molar-refractivity contribution in [2.45, 2.75) is 38.1 Å². The summed E-state index contributed by atoms with van der Waals surface area (Å²) in [6.07, 6.45) is -4.03. The summed E-state index contributed by atoms with van der Waals surface area (Å²) in [7, 11) is 1.28. The van der Waals surface area contributed by atoms with Crippen LogP contribution in [0.2, 0.25) is 0 Å². The zero-order chi connectivity index (χ0) is 14.6. The van der Waals surface area contributed by atoms with E-state index in [1.165, 1.54) is 13.2 Å². The summed E-state index contributed by atoms with van der Waals surface area (Å²) in [6, 6.07) is 2.33. The zero-order valence-electron chi connectivity index (χ0n) is 11.3. The number of methoxy groups -OCH3 is 1. The number of aliphatic hydroxyl groups is 1. The summed E-state index contributed by atoms with van der Waals surface area (Å²) in [5.41, 5.74) is 5.42. The fraction of sp³-hybridized carbons (Fsp3) is 0.538. The first-order valence-corrected chi connectivity index (χ1v) is 6.00. The molecule has 0 aliphatic carbocycles. The maximum absolute atomic E-state index is 12.6. The fourth-order valence-corrected chi connectivity index (χ4v) is 1.85. The smallest absolute Gasteiger partial charge is 0.416 e. The van der Waals surface area contributed by atoms with Gasteiger partial charge in [-0.2, -0.15) is 13.2 Å². The van der Waals surface area contributed by atoms with Crippen LogP contribution >= 0.6 is 12.4 Å². The molecule has 0 saturated heterocycles. The van der Waals surface area contributed by atoms with E-state index in [1.807, 2.05) is 6.92 Å². The maximum Gasteiger partial charge on any atom is 0.416 e. The number of nitrogens with two attached hydrogens (primary N) is 1. The second-order valence-corrected chi connectivity index (χ2v) is 4.34. The van der Waals surface area contributed by atoms with Crippen LogP contribution in [-0.4, -0.2) is 18.3 Å². The van der Waals surface area contributed by atoms with Gasteiger partial charge in [-0.25, -0.2) is 0 Å². The van der Waals surface area contributed by atoms with E-state index in [-0.39, 0.29) is 18.2 Å². The van der Waals surface area contributed by atoms with Crippen molar-refractivity contribution in [3.8, 4) is 5.75 Å². The summed E-state index contributed by atoms with van der Waals surface area (Å²) >= 11 is 0. The number of hydrogen-bond donors (Lipinski definition) is 2. The highest BCUT2D eigenvalue weighted by atomic mass is 35.5. The molecular formula is C13H19ClF3NO2. The number of benzene rings is 1. The van der Waals surface area contributed by atoms with Crippen LogP contribution in [0.25, 0.3) is 0 Å². The van der Waals surface area contributed by atoms with Gasteiger partial charge in [0.2, 0.25) is 0 Å². The molecule has 0 fully saturated rings. The lowest BCUT2D eigenvalue weighted by molar-refractivity contribution is -0.137. The molecule has 0 amide bonds. The van der Waals surface area contributed by atoms with E-state index in [0.29, 0.717) is 12.0 Å². The lowest BCUT2D eigenvalue weighted by Gasteiger charge is -2.21. The molecular weight excluding hydrogens is 295 g/mol. The Morgan fingerprint density at radius 2 is 1.95 bits per heavy atom. The largest absolute Gasteiger partial charge is 0.496 e. The molecule has 0 aliphatic rings. The highest BCUT2D eigenvalue weighted by Crippen LogP contribution is 2.35. The Hall–Kier alpha value is -0.980. The number of alkyl halides is 3. The van der Waals surface area contributed by atoms with E-state index in [0.717, 1.165) is 18.6 Å². The van der Waals surface area contributed by atoms with Crippen LogP contribution < -0.4 is 10.5 Å². The van der Waals surface area contributed by atoms with Crippen molar-refractivity contribution < 1.29 is 23.0 Å². The molecule has 0 unspecified atom stereocenters. The van der Waals surface area contributed by atoms with Gasteiger partial charge in [-0.1, -0.05) is 19.4 Å². The van der Waals surface area contributed by atoms with Crippen molar-refractivity contribution >= 4 is 12.4 Å². The van der Waals surface area contributed by atoms with Crippen LogP contribution in [0, 0.1) is 0 Å². The third kappa shape index (κ3) is 4.54. The lowest BCUT2D eigenvalue weighted by atomic mass is 9.97. The fourth-order valence-electron chi connectivity index (χ4n) is 1.85. The molecule has 7 heteroatoms. The Labute approximate surface area is 122 Å². The third-order valence-corrected chi connectivity index (χ3v) is 2.92. The number of aliphatic hydroxyl groups excluding tert-OH is 1. The van der Waals surface area contributed by atoms with Crippen molar-refractivity contribution in [3.63, 3.8) is 0 Å². The SMILES string of the molecule is CCC[C@H](O)[C@H](N)c1ccc(C(F)(F)F)cc1OC.Cl. The minimum Gasteiger partial charge on any atom is -0.496 e. The van der Waals surface area contributed by atoms with Gasteiger partial charge in [-0.15, -0.1) is 12.4 Å². The quantitative estimate of drug-likeness (QED) is 0.877. The van der Waals surface area contributed by atoms with Gasteiger partial charge in [0.15, 0.2) is 0 Å². The van der Waals surface area contributed by atoms with Gasteiger partial charge < -0.3 is 15.6 Å². The molecule has 0 spiro atoms. The molecule has 3 N–H and O–H groups in total. The van der Waals surface area contributed by atoms with Gasteiger partial charge in [0, 0.05) is 5.56 Å². The Morgan fingerprint density at radius 1 is 1.35 bits per heavy atom. The van der Waals surface area contributed by atoms with E-state index >= 15 is 0 Å². The topological polar surface area (TPSA) is 55.5 Å². The summed E-state index contributed by atoms with van der Waals surface area (Å²) in [5.74, 6) is 0.0393. The van der Waals surface area contributed by atoms with Crippen molar-refractivity contribution in [1.82, 2.24) is 0 Å². The molecule has 3 nitrogen and oxygen atoms in total. The van der Waals surface area contributed by atoms with Crippen LogP contribution in [0.5, 0.6) is 5.75 Å². The lowest BCUT2D eigenvalue weighted by Crippen LogP contribution is -2.26. The van der Waals surface area contributed by atoms with Gasteiger partial charge in [-0.05, 0) is 18.6 Å². The molecule has 20 heavy (non-hydrogen) atoms. The van der Waals surface area contributed by atoms with Crippen LogP contribution in [0.4, 0.5) is 13.2 Å². The predicted molar refractivity (Wildman–Crippen MR) is 73.1 cm³/mol. The van der Waals surface area contributed by atoms with E-state index < -0.39 is 23.9 Å². The molecule has 0 heterocycles. The highest BCUT2D eigenvalue weighted by Gasteiger charge is 2.32. The first-order chi connectivity index (χ1) is 8.81. The number of ether oxygens (including phenoxy) is 1. The number of rotatable bonds is 5. The van der Waals surface area contributed by atoms with E-state index in [4.69, 9.17) is 10.5 Å². The van der Waals surface area contributed by atoms with Crippen molar-refractivity contribution in [2.24, 2.45) is 5.73 Å². The molecule has 0 aromatic heterocycles. The zero-order valence-corrected chi connectivity index (χ0v) is 12.1. The molecule has 0 radical (unpaired) electrons. The molecule has 1 aromatic carbocycles. The normalized spacial score (nSPS) is 14.3. The summed E-state index contributed by atoms with van der Waals surface area (Å²) in [4.78, 5) is 0. The molecule has 1 rings (SSSR count). The van der Waals surface area contributed by atoms with Crippen LogP contribution in [0.1, 0.15) is 36.9 Å². The number of hydrogen-bond acceptors (Lipinski definition) is 3. The maximum atomic E-state index is 12.6. The Kier molecular flexibility index (Phi) is 7.33. The summed E-state index contributed by atoms with van der Waals surface area (Å²) < 4.78 is 42.7. The van der Waals surface area contributed by atoms with Crippen LogP contribution in [-0.2, 0) is 6.18 Å². The van der Waals surface area contributed by atoms with Gasteiger partial charge >= 0.3 is 6.18 Å². The molecule has 0 bridgehead atoms. The highest BCUT2D eigenvalue weighted by molar-refractivity contribution is 5.85. The molecule has 0 saturated carbocycles. The Morgan fingerprint density at radius 3 is 2.40 bits per heavy atom. The first-order valence-electron chi connectivity index (χ1n) is 6.00.